The van der Waals surface area contributed by atoms with Crippen molar-refractivity contribution in [3.8, 4) is 5.75 Å². The third-order valence-corrected chi connectivity index (χ3v) is 13.4. The first-order chi connectivity index (χ1) is 29.2. The van der Waals surface area contributed by atoms with Crippen LogP contribution in [-0.2, 0) is 28.3 Å². The van der Waals surface area contributed by atoms with Gasteiger partial charge in [-0.05, 0) is 123 Å². The summed E-state index contributed by atoms with van der Waals surface area (Å²) in [7, 11) is 2.17. The molecular weight excluding hydrogens is 759 g/mol. The molecule has 0 radical (unpaired) electrons. The molecular formula is C46H55N9O5. The second-order valence-corrected chi connectivity index (χ2v) is 17.4. The smallest absolute Gasteiger partial charge is 0.255 e. The van der Waals surface area contributed by atoms with Crippen molar-refractivity contribution >= 4 is 35.2 Å². The van der Waals surface area contributed by atoms with E-state index in [0.717, 1.165) is 88.4 Å². The maximum atomic E-state index is 13.2. The molecule has 0 bridgehead atoms. The number of pyridine rings is 1. The number of ether oxygens (including phenoxy) is 1. The lowest BCUT2D eigenvalue weighted by molar-refractivity contribution is -0.136. The SMILES string of the molecule is CN1CCC(COc2cnc(Nc3ccc(C4CCN(c5ccc(CN6CCC(O)(c7ccc8c(c7)CN(C7CCC(=O)NC7=O)C8=O)CC6)cc5)CC4)cn3)nc2)CC1. The van der Waals surface area contributed by atoms with Gasteiger partial charge >= 0.3 is 0 Å². The number of amides is 3. The fourth-order valence-electron chi connectivity index (χ4n) is 9.51. The summed E-state index contributed by atoms with van der Waals surface area (Å²) in [4.78, 5) is 59.6. The number of rotatable bonds is 11. The minimum Gasteiger partial charge on any atom is -0.490 e. The summed E-state index contributed by atoms with van der Waals surface area (Å²) in [5, 5.41) is 17.3. The third-order valence-electron chi connectivity index (χ3n) is 13.4. The van der Waals surface area contributed by atoms with Crippen LogP contribution in [0.1, 0.15) is 89.9 Å². The van der Waals surface area contributed by atoms with E-state index < -0.39 is 17.6 Å². The zero-order valence-electron chi connectivity index (χ0n) is 34.4. The Morgan fingerprint density at radius 3 is 2.30 bits per heavy atom. The van der Waals surface area contributed by atoms with Crippen LogP contribution in [0, 0.1) is 5.92 Å². The molecule has 7 heterocycles. The van der Waals surface area contributed by atoms with Gasteiger partial charge in [0, 0.05) is 63.1 Å². The number of benzene rings is 2. The average Bonchev–Trinajstić information content (AvgIpc) is 3.60. The number of fused-ring (bicyclic) bond motifs is 1. The maximum Gasteiger partial charge on any atom is 0.255 e. The van der Waals surface area contributed by atoms with Crippen LogP contribution < -0.4 is 20.3 Å². The lowest BCUT2D eigenvalue weighted by Crippen LogP contribution is -2.52. The van der Waals surface area contributed by atoms with Crippen molar-refractivity contribution in [2.45, 2.75) is 82.0 Å². The van der Waals surface area contributed by atoms with Gasteiger partial charge in [0.25, 0.3) is 5.91 Å². The number of carbonyl (C=O) groups excluding carboxylic acids is 3. The van der Waals surface area contributed by atoms with Crippen molar-refractivity contribution in [1.82, 2.24) is 35.0 Å². The first-order valence-electron chi connectivity index (χ1n) is 21.6. The molecule has 3 amide bonds. The molecule has 3 N–H and O–H groups in total. The summed E-state index contributed by atoms with van der Waals surface area (Å²) in [5.41, 5.74) is 4.96. The molecule has 5 aliphatic rings. The van der Waals surface area contributed by atoms with Crippen LogP contribution in [0.4, 0.5) is 17.5 Å². The van der Waals surface area contributed by atoms with E-state index in [4.69, 9.17) is 4.74 Å². The zero-order chi connectivity index (χ0) is 41.2. The van der Waals surface area contributed by atoms with Crippen molar-refractivity contribution in [2.75, 3.05) is 63.1 Å². The Labute approximate surface area is 351 Å². The van der Waals surface area contributed by atoms with E-state index in [0.29, 0.717) is 61.5 Å². The van der Waals surface area contributed by atoms with Crippen LogP contribution in [0.5, 0.6) is 5.75 Å². The fourth-order valence-corrected chi connectivity index (χ4v) is 9.51. The Morgan fingerprint density at radius 2 is 1.60 bits per heavy atom. The van der Waals surface area contributed by atoms with E-state index in [2.05, 4.69) is 77.7 Å². The Morgan fingerprint density at radius 1 is 0.850 bits per heavy atom. The highest BCUT2D eigenvalue weighted by atomic mass is 16.5. The van der Waals surface area contributed by atoms with Crippen LogP contribution in [-0.4, -0.2) is 111 Å². The highest BCUT2D eigenvalue weighted by molar-refractivity contribution is 6.05. The van der Waals surface area contributed by atoms with E-state index in [9.17, 15) is 19.5 Å². The summed E-state index contributed by atoms with van der Waals surface area (Å²) in [6, 6.07) is 18.0. The summed E-state index contributed by atoms with van der Waals surface area (Å²) in [5.74, 6) is 2.03. The van der Waals surface area contributed by atoms with Gasteiger partial charge in [-0.25, -0.2) is 15.0 Å². The molecule has 4 saturated heterocycles. The predicted molar refractivity (Wildman–Crippen MR) is 227 cm³/mol. The monoisotopic (exact) mass is 813 g/mol. The Balaban J connectivity index is 0.710. The lowest BCUT2D eigenvalue weighted by atomic mass is 9.83. The number of hydrogen-bond donors (Lipinski definition) is 3. The van der Waals surface area contributed by atoms with Gasteiger partial charge in [0.1, 0.15) is 11.9 Å². The molecule has 14 nitrogen and oxygen atoms in total. The number of hydrogen-bond acceptors (Lipinski definition) is 12. The summed E-state index contributed by atoms with van der Waals surface area (Å²) in [6.45, 7) is 7.56. The summed E-state index contributed by atoms with van der Waals surface area (Å²) < 4.78 is 5.96. The molecule has 314 valence electrons. The first-order valence-corrected chi connectivity index (χ1v) is 21.6. The zero-order valence-corrected chi connectivity index (χ0v) is 34.4. The normalized spacial score (nSPS) is 21.8. The second-order valence-electron chi connectivity index (χ2n) is 17.4. The van der Waals surface area contributed by atoms with Crippen LogP contribution in [0.25, 0.3) is 0 Å². The lowest BCUT2D eigenvalue weighted by Gasteiger charge is -2.39. The predicted octanol–water partition coefficient (Wildman–Crippen LogP) is 4.96. The van der Waals surface area contributed by atoms with Gasteiger partial charge in [-0.1, -0.05) is 30.3 Å². The molecule has 5 aliphatic heterocycles. The van der Waals surface area contributed by atoms with Crippen molar-refractivity contribution in [2.24, 2.45) is 5.92 Å². The van der Waals surface area contributed by atoms with E-state index in [1.54, 1.807) is 23.4 Å². The minimum absolute atomic E-state index is 0.199. The molecule has 0 spiro atoms. The second kappa shape index (κ2) is 17.3. The number of anilines is 3. The van der Waals surface area contributed by atoms with Crippen molar-refractivity contribution in [3.63, 3.8) is 0 Å². The largest absolute Gasteiger partial charge is 0.490 e. The van der Waals surface area contributed by atoms with Gasteiger partial charge in [-0.3, -0.25) is 24.6 Å². The number of aliphatic hydroxyl groups is 1. The number of aromatic nitrogens is 3. The molecule has 0 saturated carbocycles. The molecule has 14 heteroatoms. The van der Waals surface area contributed by atoms with E-state index in [1.165, 1.54) is 16.8 Å². The van der Waals surface area contributed by atoms with Crippen molar-refractivity contribution in [1.29, 1.82) is 0 Å². The molecule has 9 rings (SSSR count). The maximum absolute atomic E-state index is 13.2. The molecule has 2 aromatic heterocycles. The highest BCUT2D eigenvalue weighted by Crippen LogP contribution is 2.37. The molecule has 4 fully saturated rings. The van der Waals surface area contributed by atoms with Crippen LogP contribution in [0.2, 0.25) is 0 Å². The molecule has 0 aliphatic carbocycles. The fraction of sp³-hybridized carbons (Fsp3) is 0.478. The Hall–Kier alpha value is -5.44. The third kappa shape index (κ3) is 8.86. The van der Waals surface area contributed by atoms with Gasteiger partial charge in [0.15, 0.2) is 5.75 Å². The number of nitrogens with zero attached hydrogens (tertiary/aromatic N) is 7. The standard InChI is InChI=1S/C46H55N9O5/c1-52-18-12-32(13-19-52)30-60-38-26-48-45(49-27-38)50-41-10-4-34(25-47-41)33-14-20-54(21-15-33)37-6-2-31(3-7-37)28-53-22-16-46(59,17-23-53)36-5-8-39-35(24-36)29-55(44(39)58)40-9-11-42(56)51-43(40)57/h2-8,10,24-27,32-33,40,59H,9,11-23,28-30H2,1H3,(H,51,56,57)(H,47,48,49,50). The van der Waals surface area contributed by atoms with E-state index in [-0.39, 0.29) is 18.2 Å². The minimum atomic E-state index is -0.981. The van der Waals surface area contributed by atoms with Gasteiger partial charge in [-0.2, -0.15) is 0 Å². The quantitative estimate of drug-likeness (QED) is 0.175. The van der Waals surface area contributed by atoms with Crippen LogP contribution in [0.3, 0.4) is 0 Å². The molecule has 2 aromatic carbocycles. The molecule has 4 aromatic rings. The molecule has 60 heavy (non-hydrogen) atoms. The number of likely N-dealkylation sites (tertiary alicyclic amines) is 2. The summed E-state index contributed by atoms with van der Waals surface area (Å²) >= 11 is 0. The van der Waals surface area contributed by atoms with Crippen molar-refractivity contribution < 1.29 is 24.2 Å². The highest BCUT2D eigenvalue weighted by Gasteiger charge is 2.41. The number of carbonyl (C=O) groups is 3. The van der Waals surface area contributed by atoms with Gasteiger partial charge in [-0.15, -0.1) is 0 Å². The summed E-state index contributed by atoms with van der Waals surface area (Å²) in [6.07, 6.45) is 11.6. The Bertz CT molecular complexity index is 2160. The van der Waals surface area contributed by atoms with Gasteiger partial charge < -0.3 is 29.9 Å². The number of imide groups is 1. The number of nitrogens with one attached hydrogen (secondary N) is 2. The first kappa shape index (κ1) is 40.0. The topological polar surface area (TPSA) is 156 Å². The van der Waals surface area contributed by atoms with Crippen molar-refractivity contribution in [3.05, 3.63) is 101 Å². The van der Waals surface area contributed by atoms with Crippen LogP contribution in [0.15, 0.2) is 73.2 Å². The van der Waals surface area contributed by atoms with E-state index in [1.807, 2.05) is 24.4 Å². The molecule has 1 unspecified atom stereocenters. The Kier molecular flexibility index (Phi) is 11.5. The van der Waals surface area contributed by atoms with Crippen LogP contribution >= 0.6 is 0 Å². The average molecular weight is 814 g/mol. The van der Waals surface area contributed by atoms with Gasteiger partial charge in [0.2, 0.25) is 17.8 Å². The van der Waals surface area contributed by atoms with E-state index >= 15 is 0 Å². The number of piperidine rings is 4. The van der Waals surface area contributed by atoms with Gasteiger partial charge in [0.05, 0.1) is 24.6 Å². The molecule has 1 atom stereocenters.